The Balaban J connectivity index is 1.55. The smallest absolute Gasteiger partial charge is 0.286 e. The largest absolute Gasteiger partial charge is 0.490 e. The van der Waals surface area contributed by atoms with Gasteiger partial charge in [-0.25, -0.2) is 4.39 Å². The average Bonchev–Trinajstić information content (AvgIpc) is 3.37. The summed E-state index contributed by atoms with van der Waals surface area (Å²) in [6.45, 7) is 3.30. The summed E-state index contributed by atoms with van der Waals surface area (Å²) in [4.78, 5) is 4.24. The van der Waals surface area contributed by atoms with Gasteiger partial charge in [-0.15, -0.1) is 0 Å². The van der Waals surface area contributed by atoms with Crippen LogP contribution in [0.5, 0.6) is 5.75 Å². The normalized spacial score (nSPS) is 16.1. The van der Waals surface area contributed by atoms with Gasteiger partial charge >= 0.3 is 0 Å². The van der Waals surface area contributed by atoms with E-state index < -0.39 is 11.9 Å². The molecule has 1 heterocycles. The fourth-order valence-electron chi connectivity index (χ4n) is 3.71. The Morgan fingerprint density at radius 1 is 1.25 bits per heavy atom. The van der Waals surface area contributed by atoms with Crippen LogP contribution in [0, 0.1) is 13.8 Å². The van der Waals surface area contributed by atoms with Crippen LogP contribution in [0.4, 0.5) is 4.39 Å². The Kier molecular flexibility index (Phi) is 6.33. The Labute approximate surface area is 190 Å². The number of aliphatic hydroxyl groups is 2. The van der Waals surface area contributed by atoms with E-state index in [9.17, 15) is 9.50 Å². The third-order valence-electron chi connectivity index (χ3n) is 5.59. The van der Waals surface area contributed by atoms with E-state index in [2.05, 4.69) is 10.1 Å². The molecule has 168 valence electrons. The first-order valence-corrected chi connectivity index (χ1v) is 10.7. The highest BCUT2D eigenvalue weighted by Gasteiger charge is 2.43. The van der Waals surface area contributed by atoms with Crippen molar-refractivity contribution < 1.29 is 23.9 Å². The molecule has 0 spiro atoms. The molecule has 3 aromatic rings. The number of aromatic nitrogens is 2. The van der Waals surface area contributed by atoms with E-state index in [4.69, 9.17) is 26.0 Å². The van der Waals surface area contributed by atoms with Crippen molar-refractivity contribution in [3.8, 4) is 17.1 Å². The van der Waals surface area contributed by atoms with Crippen LogP contribution in [0.15, 0.2) is 47.0 Å². The van der Waals surface area contributed by atoms with E-state index >= 15 is 0 Å². The predicted molar refractivity (Wildman–Crippen MR) is 119 cm³/mol. The molecule has 1 fully saturated rings. The number of benzene rings is 2. The highest BCUT2D eigenvalue weighted by molar-refractivity contribution is 6.30. The third kappa shape index (κ3) is 4.70. The number of rotatable bonds is 8. The maximum absolute atomic E-state index is 15.0. The van der Waals surface area contributed by atoms with Crippen molar-refractivity contribution in [2.45, 2.75) is 38.2 Å². The van der Waals surface area contributed by atoms with Gasteiger partial charge in [-0.05, 0) is 73.7 Å². The van der Waals surface area contributed by atoms with Crippen molar-refractivity contribution in [3.05, 3.63) is 70.1 Å². The molecule has 1 aliphatic carbocycles. The Bertz CT molecular complexity index is 1120. The number of nitrogens with zero attached hydrogens (tertiary/aromatic N) is 2. The molecule has 2 N–H and O–H groups in total. The summed E-state index contributed by atoms with van der Waals surface area (Å²) in [5, 5.41) is 23.0. The monoisotopic (exact) mass is 458 g/mol. The lowest BCUT2D eigenvalue weighted by Gasteiger charge is -2.15. The molecular weight excluding hydrogens is 435 g/mol. The van der Waals surface area contributed by atoms with E-state index in [-0.39, 0.29) is 30.3 Å². The summed E-state index contributed by atoms with van der Waals surface area (Å²) in [5.41, 5.74) is 2.90. The maximum atomic E-state index is 15.0. The van der Waals surface area contributed by atoms with E-state index in [1.165, 1.54) is 0 Å². The molecule has 8 heteroatoms. The molecule has 0 aliphatic heterocycles. The molecule has 0 bridgehead atoms. The van der Waals surface area contributed by atoms with Crippen LogP contribution in [-0.2, 0) is 5.41 Å². The molecule has 6 nitrogen and oxygen atoms in total. The second-order valence-electron chi connectivity index (χ2n) is 8.17. The van der Waals surface area contributed by atoms with Crippen LogP contribution in [0.3, 0.4) is 0 Å². The first-order chi connectivity index (χ1) is 15.3. The van der Waals surface area contributed by atoms with Gasteiger partial charge in [0, 0.05) is 16.0 Å². The highest BCUT2D eigenvalue weighted by Crippen LogP contribution is 2.51. The van der Waals surface area contributed by atoms with E-state index in [1.807, 2.05) is 26.0 Å². The average molecular weight is 459 g/mol. The summed E-state index contributed by atoms with van der Waals surface area (Å²) in [6.07, 6.45) is 2.28. The number of allylic oxidation sites excluding steroid dienone is 1. The van der Waals surface area contributed by atoms with Crippen molar-refractivity contribution in [2.75, 3.05) is 13.2 Å². The van der Waals surface area contributed by atoms with Gasteiger partial charge in [0.2, 0.25) is 5.82 Å². The Morgan fingerprint density at radius 2 is 1.91 bits per heavy atom. The molecule has 1 aromatic heterocycles. The van der Waals surface area contributed by atoms with Crippen LogP contribution in [-0.4, -0.2) is 39.7 Å². The number of aryl methyl sites for hydroxylation is 2. The lowest BCUT2D eigenvalue weighted by atomic mass is 9.95. The third-order valence-corrected chi connectivity index (χ3v) is 5.84. The zero-order chi connectivity index (χ0) is 22.9. The fourth-order valence-corrected chi connectivity index (χ4v) is 3.84. The zero-order valence-electron chi connectivity index (χ0n) is 17.8. The van der Waals surface area contributed by atoms with Gasteiger partial charge in [0.15, 0.2) is 5.83 Å². The van der Waals surface area contributed by atoms with Crippen LogP contribution in [0.2, 0.25) is 5.02 Å². The van der Waals surface area contributed by atoms with Crippen LogP contribution in [0.1, 0.15) is 35.4 Å². The van der Waals surface area contributed by atoms with Gasteiger partial charge in [0.25, 0.3) is 5.89 Å². The Hall–Kier alpha value is -2.74. The van der Waals surface area contributed by atoms with Crippen LogP contribution >= 0.6 is 11.6 Å². The number of hydrogen-bond acceptors (Lipinski definition) is 6. The van der Waals surface area contributed by atoms with Gasteiger partial charge in [0.05, 0.1) is 6.61 Å². The molecule has 1 saturated carbocycles. The van der Waals surface area contributed by atoms with Gasteiger partial charge in [-0.1, -0.05) is 28.9 Å². The van der Waals surface area contributed by atoms with Crippen molar-refractivity contribution in [1.82, 2.24) is 10.1 Å². The standard InChI is InChI=1S/C24H24ClFN2O4/c1-14-9-16(10-15(2)21(14)31-13-19(30)12-29)22-27-23(32-28-22)20(26)11-24(7-8-24)17-3-5-18(25)6-4-17/h3-6,9-11,19,29-30H,7-8,12-13H2,1-2H3/b20-11-/t19-/m0/s1. The minimum atomic E-state index is -0.953. The molecule has 2 aromatic carbocycles. The molecule has 1 aliphatic rings. The quantitative estimate of drug-likeness (QED) is 0.505. The summed E-state index contributed by atoms with van der Waals surface area (Å²) in [5.74, 6) is 0.159. The second kappa shape index (κ2) is 9.02. The second-order valence-corrected chi connectivity index (χ2v) is 8.60. The van der Waals surface area contributed by atoms with Gasteiger partial charge < -0.3 is 19.5 Å². The number of halogens is 2. The van der Waals surface area contributed by atoms with Gasteiger partial charge in [-0.2, -0.15) is 4.98 Å². The number of aliphatic hydroxyl groups excluding tert-OH is 2. The maximum Gasteiger partial charge on any atom is 0.286 e. The summed E-state index contributed by atoms with van der Waals surface area (Å²) < 4.78 is 25.8. The van der Waals surface area contributed by atoms with Crippen LogP contribution < -0.4 is 4.74 Å². The molecule has 0 amide bonds. The summed E-state index contributed by atoms with van der Waals surface area (Å²) in [7, 11) is 0. The van der Waals surface area contributed by atoms with Crippen molar-refractivity contribution in [3.63, 3.8) is 0 Å². The topological polar surface area (TPSA) is 88.6 Å². The molecule has 0 radical (unpaired) electrons. The molecule has 1 atom stereocenters. The van der Waals surface area contributed by atoms with Crippen molar-refractivity contribution in [2.24, 2.45) is 0 Å². The Morgan fingerprint density at radius 3 is 2.50 bits per heavy atom. The molecule has 0 unspecified atom stereocenters. The highest BCUT2D eigenvalue weighted by atomic mass is 35.5. The van der Waals surface area contributed by atoms with Crippen molar-refractivity contribution in [1.29, 1.82) is 0 Å². The molecule has 4 rings (SSSR count). The molecule has 0 saturated heterocycles. The molecular formula is C24H24ClFN2O4. The van der Waals surface area contributed by atoms with Crippen molar-refractivity contribution >= 4 is 17.4 Å². The number of hydrogen-bond donors (Lipinski definition) is 2. The predicted octanol–water partition coefficient (Wildman–Crippen LogP) is 4.78. The van der Waals surface area contributed by atoms with E-state index in [0.717, 1.165) is 29.5 Å². The van der Waals surface area contributed by atoms with Gasteiger partial charge in [0.1, 0.15) is 18.5 Å². The van der Waals surface area contributed by atoms with Crippen LogP contribution in [0.25, 0.3) is 17.2 Å². The number of ether oxygens (including phenoxy) is 1. The van der Waals surface area contributed by atoms with E-state index in [1.54, 1.807) is 30.3 Å². The summed E-state index contributed by atoms with van der Waals surface area (Å²) in [6, 6.07) is 11.0. The first-order valence-electron chi connectivity index (χ1n) is 10.3. The minimum absolute atomic E-state index is 0.0186. The lowest BCUT2D eigenvalue weighted by Crippen LogP contribution is -2.21. The SMILES string of the molecule is Cc1cc(-c2noc(/C(F)=C/C3(c4ccc(Cl)cc4)CC3)n2)cc(C)c1OC[C@@H](O)CO. The first kappa shape index (κ1) is 22.5. The minimum Gasteiger partial charge on any atom is -0.490 e. The lowest BCUT2D eigenvalue weighted by molar-refractivity contribution is 0.0532. The van der Waals surface area contributed by atoms with Gasteiger partial charge in [-0.3, -0.25) is 0 Å². The fraction of sp³-hybridized carbons (Fsp3) is 0.333. The van der Waals surface area contributed by atoms with E-state index in [0.29, 0.717) is 16.3 Å². The zero-order valence-corrected chi connectivity index (χ0v) is 18.6. The molecule has 32 heavy (non-hydrogen) atoms. The summed E-state index contributed by atoms with van der Waals surface area (Å²) >= 11 is 5.96.